The molecule has 2 N–H and O–H groups in total. The maximum absolute atomic E-state index is 11.6. The summed E-state index contributed by atoms with van der Waals surface area (Å²) in [4.78, 5) is 48.5. The first-order valence-electron chi connectivity index (χ1n) is 8.01. The number of nitrogens with one attached hydrogen (secondary N) is 2. The molecule has 0 amide bonds. The molecule has 1 aromatic carbocycles. The van der Waals surface area contributed by atoms with Crippen molar-refractivity contribution in [3.05, 3.63) is 60.4 Å². The first-order valence-corrected chi connectivity index (χ1v) is 8.01. The van der Waals surface area contributed by atoms with Gasteiger partial charge in [0, 0.05) is 0 Å². The molecular formula is C17H17N3O8. The third-order valence-electron chi connectivity index (χ3n) is 3.41. The SMILES string of the molecule is CCOC(=O)COc1ccc(C=Cc2[nH]c(=O)[nH]c(=O)c2[N+](=O)[O-])cc1OC. The quantitative estimate of drug-likeness (QED) is 0.385. The molecule has 0 aliphatic heterocycles. The van der Waals surface area contributed by atoms with Crippen LogP contribution in [-0.4, -0.2) is 41.2 Å². The number of rotatable bonds is 8. The summed E-state index contributed by atoms with van der Waals surface area (Å²) in [5, 5.41) is 11.0. The van der Waals surface area contributed by atoms with Crippen LogP contribution in [0.15, 0.2) is 27.8 Å². The van der Waals surface area contributed by atoms with Crippen molar-refractivity contribution < 1.29 is 23.9 Å². The summed E-state index contributed by atoms with van der Waals surface area (Å²) < 4.78 is 15.3. The second-order valence-corrected chi connectivity index (χ2v) is 5.26. The lowest BCUT2D eigenvalue weighted by atomic mass is 10.1. The Bertz CT molecular complexity index is 1020. The fourth-order valence-corrected chi connectivity index (χ4v) is 2.23. The Hall–Kier alpha value is -3.89. The second kappa shape index (κ2) is 9.16. The number of H-pyrrole nitrogens is 2. The zero-order valence-electron chi connectivity index (χ0n) is 15.0. The number of carbonyl (C=O) groups excluding carboxylic acids is 1. The Balaban J connectivity index is 2.28. The molecule has 0 bridgehead atoms. The number of nitrogens with zero attached hydrogens (tertiary/aromatic N) is 1. The molecule has 0 radical (unpaired) electrons. The van der Waals surface area contributed by atoms with Crippen molar-refractivity contribution in [1.29, 1.82) is 0 Å². The van der Waals surface area contributed by atoms with Crippen LogP contribution in [0.5, 0.6) is 11.5 Å². The highest BCUT2D eigenvalue weighted by molar-refractivity contribution is 5.73. The van der Waals surface area contributed by atoms with Gasteiger partial charge in [0.2, 0.25) is 0 Å². The number of aromatic nitrogens is 2. The molecule has 0 saturated heterocycles. The Morgan fingerprint density at radius 3 is 2.61 bits per heavy atom. The predicted molar refractivity (Wildman–Crippen MR) is 98.4 cm³/mol. The van der Waals surface area contributed by atoms with Crippen LogP contribution in [-0.2, 0) is 9.53 Å². The van der Waals surface area contributed by atoms with E-state index >= 15 is 0 Å². The van der Waals surface area contributed by atoms with E-state index in [1.807, 2.05) is 0 Å². The normalized spacial score (nSPS) is 10.6. The summed E-state index contributed by atoms with van der Waals surface area (Å²) >= 11 is 0. The van der Waals surface area contributed by atoms with Gasteiger partial charge in [-0.25, -0.2) is 9.59 Å². The molecule has 11 heteroatoms. The number of hydrogen-bond acceptors (Lipinski definition) is 8. The van der Waals surface area contributed by atoms with E-state index < -0.39 is 27.8 Å². The zero-order chi connectivity index (χ0) is 20.7. The number of nitro groups is 1. The van der Waals surface area contributed by atoms with Crippen LogP contribution in [0.1, 0.15) is 18.2 Å². The number of esters is 1. The van der Waals surface area contributed by atoms with E-state index in [4.69, 9.17) is 14.2 Å². The number of benzene rings is 1. The fraction of sp³-hybridized carbons (Fsp3) is 0.235. The molecule has 0 spiro atoms. The third-order valence-corrected chi connectivity index (χ3v) is 3.41. The van der Waals surface area contributed by atoms with Crippen LogP contribution in [0.4, 0.5) is 5.69 Å². The first-order chi connectivity index (χ1) is 13.3. The van der Waals surface area contributed by atoms with Gasteiger partial charge in [-0.1, -0.05) is 12.1 Å². The van der Waals surface area contributed by atoms with Crippen molar-refractivity contribution >= 4 is 23.8 Å². The lowest BCUT2D eigenvalue weighted by molar-refractivity contribution is -0.386. The van der Waals surface area contributed by atoms with Crippen molar-refractivity contribution in [3.8, 4) is 11.5 Å². The lowest BCUT2D eigenvalue weighted by Gasteiger charge is -2.10. The smallest absolute Gasteiger partial charge is 0.357 e. The minimum absolute atomic E-state index is 0.236. The van der Waals surface area contributed by atoms with E-state index in [1.165, 1.54) is 25.3 Å². The molecule has 2 aromatic rings. The van der Waals surface area contributed by atoms with E-state index in [0.717, 1.165) is 0 Å². The molecule has 0 aliphatic carbocycles. The van der Waals surface area contributed by atoms with E-state index in [-0.39, 0.29) is 18.9 Å². The maximum Gasteiger partial charge on any atom is 0.357 e. The molecule has 2 rings (SSSR count). The van der Waals surface area contributed by atoms with Crippen LogP contribution >= 0.6 is 0 Å². The number of hydrogen-bond donors (Lipinski definition) is 2. The van der Waals surface area contributed by atoms with Crippen molar-refractivity contribution in [2.24, 2.45) is 0 Å². The van der Waals surface area contributed by atoms with Gasteiger partial charge in [-0.2, -0.15) is 0 Å². The Kier molecular flexibility index (Phi) is 6.68. The minimum Gasteiger partial charge on any atom is -0.493 e. The van der Waals surface area contributed by atoms with Gasteiger partial charge in [-0.05, 0) is 30.7 Å². The van der Waals surface area contributed by atoms with Gasteiger partial charge < -0.3 is 19.2 Å². The van der Waals surface area contributed by atoms with E-state index in [0.29, 0.717) is 17.1 Å². The van der Waals surface area contributed by atoms with E-state index in [9.17, 15) is 24.5 Å². The topological polar surface area (TPSA) is 154 Å². The molecule has 148 valence electrons. The Morgan fingerprint density at radius 1 is 1.21 bits per heavy atom. The van der Waals surface area contributed by atoms with Crippen LogP contribution < -0.4 is 20.7 Å². The van der Waals surface area contributed by atoms with Gasteiger partial charge in [0.25, 0.3) is 0 Å². The number of aromatic amines is 2. The summed E-state index contributed by atoms with van der Waals surface area (Å²) in [6.45, 7) is 1.62. The average molecular weight is 391 g/mol. The Morgan fingerprint density at radius 2 is 1.96 bits per heavy atom. The van der Waals surface area contributed by atoms with Gasteiger partial charge in [0.1, 0.15) is 5.69 Å². The molecule has 0 saturated carbocycles. The standard InChI is InChI=1S/C17H17N3O8/c1-3-27-14(21)9-28-12-7-5-10(8-13(12)26-2)4-6-11-15(20(24)25)16(22)19-17(23)18-11/h4-8H,3,9H2,1-2H3,(H2,18,19,22,23). The van der Waals surface area contributed by atoms with Crippen molar-refractivity contribution in [2.45, 2.75) is 6.92 Å². The largest absolute Gasteiger partial charge is 0.493 e. The molecular weight excluding hydrogens is 374 g/mol. The molecule has 28 heavy (non-hydrogen) atoms. The summed E-state index contributed by atoms with van der Waals surface area (Å²) in [5.41, 5.74) is -2.46. The third kappa shape index (κ3) is 5.06. The summed E-state index contributed by atoms with van der Waals surface area (Å²) in [6.07, 6.45) is 2.66. The van der Waals surface area contributed by atoms with Crippen molar-refractivity contribution in [3.63, 3.8) is 0 Å². The highest BCUT2D eigenvalue weighted by Gasteiger charge is 2.18. The zero-order valence-corrected chi connectivity index (χ0v) is 15.0. The van der Waals surface area contributed by atoms with E-state index in [2.05, 4.69) is 4.98 Å². The lowest BCUT2D eigenvalue weighted by Crippen LogP contribution is -2.25. The predicted octanol–water partition coefficient (Wildman–Crippen LogP) is 1.09. The van der Waals surface area contributed by atoms with Crippen molar-refractivity contribution in [2.75, 3.05) is 20.3 Å². The highest BCUT2D eigenvalue weighted by Crippen LogP contribution is 2.29. The van der Waals surface area contributed by atoms with Crippen LogP contribution in [0.3, 0.4) is 0 Å². The fourth-order valence-electron chi connectivity index (χ4n) is 2.23. The first kappa shape index (κ1) is 20.4. The van der Waals surface area contributed by atoms with E-state index in [1.54, 1.807) is 24.0 Å². The molecule has 11 nitrogen and oxygen atoms in total. The monoisotopic (exact) mass is 391 g/mol. The van der Waals surface area contributed by atoms with Crippen molar-refractivity contribution in [1.82, 2.24) is 9.97 Å². The molecule has 1 heterocycles. The molecule has 1 aromatic heterocycles. The summed E-state index contributed by atoms with van der Waals surface area (Å²) in [5.74, 6) is 0.0719. The Labute approximate surface area is 157 Å². The van der Waals surface area contributed by atoms with Gasteiger partial charge in [0.05, 0.1) is 18.6 Å². The molecule has 0 fully saturated rings. The average Bonchev–Trinajstić information content (AvgIpc) is 2.64. The van der Waals surface area contributed by atoms with Crippen LogP contribution in [0.2, 0.25) is 0 Å². The number of ether oxygens (including phenoxy) is 3. The molecule has 0 atom stereocenters. The summed E-state index contributed by atoms with van der Waals surface area (Å²) in [7, 11) is 1.40. The molecule has 0 unspecified atom stereocenters. The maximum atomic E-state index is 11.6. The van der Waals surface area contributed by atoms with Gasteiger partial charge in [-0.15, -0.1) is 0 Å². The minimum atomic E-state index is -1.10. The van der Waals surface area contributed by atoms with Crippen LogP contribution in [0.25, 0.3) is 12.2 Å². The van der Waals surface area contributed by atoms with Gasteiger partial charge >= 0.3 is 22.9 Å². The molecule has 0 aliphatic rings. The van der Waals surface area contributed by atoms with Gasteiger partial charge in [-0.3, -0.25) is 19.9 Å². The number of methoxy groups -OCH3 is 1. The summed E-state index contributed by atoms with van der Waals surface area (Å²) in [6, 6.07) is 4.68. The van der Waals surface area contributed by atoms with Crippen LogP contribution in [0, 0.1) is 10.1 Å². The number of carbonyl (C=O) groups is 1. The highest BCUT2D eigenvalue weighted by atomic mass is 16.6. The van der Waals surface area contributed by atoms with Gasteiger partial charge in [0.15, 0.2) is 18.1 Å². The second-order valence-electron chi connectivity index (χ2n) is 5.26.